The number of benzene rings is 1. The highest BCUT2D eigenvalue weighted by Crippen LogP contribution is 2.36. The number of rotatable bonds is 4. The van der Waals surface area contributed by atoms with Crippen LogP contribution in [-0.2, 0) is 9.59 Å². The summed E-state index contributed by atoms with van der Waals surface area (Å²) < 4.78 is 53.8. The molecule has 1 heterocycles. The zero-order valence-electron chi connectivity index (χ0n) is 14.4. The summed E-state index contributed by atoms with van der Waals surface area (Å²) in [4.78, 5) is 48.7. The van der Waals surface area contributed by atoms with Gasteiger partial charge in [0, 0.05) is 5.41 Å². The molecule has 0 radical (unpaired) electrons. The maximum absolute atomic E-state index is 13.9. The fourth-order valence-electron chi connectivity index (χ4n) is 2.67. The van der Waals surface area contributed by atoms with E-state index in [2.05, 4.69) is 0 Å². The fraction of sp³-hybridized carbons (Fsp3) is 0.375. The average molecular weight is 389 g/mol. The molecule has 1 fully saturated rings. The first kappa shape index (κ1) is 20.3. The van der Waals surface area contributed by atoms with Crippen molar-refractivity contribution in [3.8, 4) is 0 Å². The van der Waals surface area contributed by atoms with Gasteiger partial charge in [-0.3, -0.25) is 25.0 Å². The number of carbonyl (C=O) groups excluding carboxylic acids is 4. The lowest BCUT2D eigenvalue weighted by Gasteiger charge is -2.45. The topological polar surface area (TPSA) is 104 Å². The Morgan fingerprint density at radius 3 is 2.04 bits per heavy atom. The van der Waals surface area contributed by atoms with Crippen LogP contribution in [0.2, 0.25) is 0 Å². The molecular weight excluding hydrogens is 374 g/mol. The molecule has 0 saturated carbocycles. The maximum Gasteiger partial charge on any atom is 0.328 e. The van der Waals surface area contributed by atoms with Gasteiger partial charge >= 0.3 is 6.03 Å². The largest absolute Gasteiger partial charge is 0.329 e. The van der Waals surface area contributed by atoms with Crippen molar-refractivity contribution in [3.05, 3.63) is 34.9 Å². The standard InChI is InChI=1S/C16H15F4N3O4/c1-4-15(2,3)16(12(25)21-14(27)22-13(16)26)23-11(24)6-5-7(17)9(19)10(20)8(6)18/h5H,4H2,1-3H3,(H,23,24)(H2,21,22,25,26,27). The Labute approximate surface area is 150 Å². The predicted octanol–water partition coefficient (Wildman–Crippen LogP) is 1.51. The Kier molecular flexibility index (Phi) is 5.00. The number of barbiturate groups is 1. The summed E-state index contributed by atoms with van der Waals surface area (Å²) in [6.45, 7) is 4.39. The fourth-order valence-corrected chi connectivity index (χ4v) is 2.67. The molecule has 0 aliphatic carbocycles. The molecule has 1 aromatic carbocycles. The zero-order valence-corrected chi connectivity index (χ0v) is 14.4. The molecule has 11 heteroatoms. The van der Waals surface area contributed by atoms with Crippen LogP contribution in [0.5, 0.6) is 0 Å². The van der Waals surface area contributed by atoms with Gasteiger partial charge < -0.3 is 5.32 Å². The van der Waals surface area contributed by atoms with E-state index in [1.165, 1.54) is 13.8 Å². The molecule has 0 bridgehead atoms. The Morgan fingerprint density at radius 2 is 1.56 bits per heavy atom. The Balaban J connectivity index is 2.59. The normalized spacial score (nSPS) is 16.6. The van der Waals surface area contributed by atoms with Gasteiger partial charge in [-0.25, -0.2) is 22.4 Å². The summed E-state index contributed by atoms with van der Waals surface area (Å²) in [5.74, 6) is -12.1. The number of halogens is 4. The van der Waals surface area contributed by atoms with Gasteiger partial charge in [0.05, 0.1) is 5.56 Å². The van der Waals surface area contributed by atoms with Crippen LogP contribution in [0.25, 0.3) is 0 Å². The van der Waals surface area contributed by atoms with Gasteiger partial charge in [-0.15, -0.1) is 0 Å². The quantitative estimate of drug-likeness (QED) is 0.314. The number of imide groups is 2. The molecule has 1 aliphatic rings. The van der Waals surface area contributed by atoms with E-state index in [1.807, 2.05) is 16.0 Å². The molecule has 1 aromatic rings. The highest BCUT2D eigenvalue weighted by molar-refractivity contribution is 6.24. The van der Waals surface area contributed by atoms with Crippen LogP contribution >= 0.6 is 0 Å². The van der Waals surface area contributed by atoms with Crippen molar-refractivity contribution in [2.24, 2.45) is 5.41 Å². The Hall–Kier alpha value is -2.98. The van der Waals surface area contributed by atoms with Gasteiger partial charge in [0.1, 0.15) is 0 Å². The van der Waals surface area contributed by atoms with Gasteiger partial charge in [-0.05, 0) is 12.5 Å². The van der Waals surface area contributed by atoms with Crippen molar-refractivity contribution in [2.45, 2.75) is 32.7 Å². The van der Waals surface area contributed by atoms with E-state index in [9.17, 15) is 36.7 Å². The minimum absolute atomic E-state index is 0.0967. The highest BCUT2D eigenvalue weighted by atomic mass is 19.2. The summed E-state index contributed by atoms with van der Waals surface area (Å²) in [6.07, 6.45) is 0.122. The van der Waals surface area contributed by atoms with Crippen LogP contribution < -0.4 is 16.0 Å². The smallest absolute Gasteiger partial charge is 0.328 e. The molecule has 3 N–H and O–H groups in total. The number of amides is 5. The van der Waals surface area contributed by atoms with Crippen molar-refractivity contribution in [1.82, 2.24) is 16.0 Å². The second-order valence-corrected chi connectivity index (χ2v) is 6.53. The monoisotopic (exact) mass is 389 g/mol. The number of carbonyl (C=O) groups is 4. The number of hydrogen-bond donors (Lipinski definition) is 3. The van der Waals surface area contributed by atoms with Crippen molar-refractivity contribution in [2.75, 3.05) is 0 Å². The van der Waals surface area contributed by atoms with Crippen LogP contribution in [0.3, 0.4) is 0 Å². The number of hydrogen-bond acceptors (Lipinski definition) is 4. The van der Waals surface area contributed by atoms with Crippen molar-refractivity contribution >= 4 is 23.8 Å². The minimum atomic E-state index is -2.40. The van der Waals surface area contributed by atoms with Crippen molar-refractivity contribution in [1.29, 1.82) is 0 Å². The van der Waals surface area contributed by atoms with Crippen molar-refractivity contribution in [3.63, 3.8) is 0 Å². The maximum atomic E-state index is 13.9. The van der Waals surface area contributed by atoms with E-state index < -0.39 is 63.5 Å². The van der Waals surface area contributed by atoms with Crippen molar-refractivity contribution < 1.29 is 36.7 Å². The molecule has 146 valence electrons. The Bertz CT molecular complexity index is 850. The van der Waals surface area contributed by atoms with E-state index in [1.54, 1.807) is 6.92 Å². The molecule has 0 spiro atoms. The van der Waals surface area contributed by atoms with Crippen LogP contribution in [0.1, 0.15) is 37.6 Å². The van der Waals surface area contributed by atoms with Crippen LogP contribution in [0.4, 0.5) is 22.4 Å². The van der Waals surface area contributed by atoms with Crippen LogP contribution in [0, 0.1) is 28.7 Å². The summed E-state index contributed by atoms with van der Waals surface area (Å²) >= 11 is 0. The van der Waals surface area contributed by atoms with E-state index >= 15 is 0 Å². The lowest BCUT2D eigenvalue weighted by molar-refractivity contribution is -0.145. The zero-order chi connectivity index (χ0) is 20.7. The van der Waals surface area contributed by atoms with Crippen LogP contribution in [0.15, 0.2) is 6.07 Å². The van der Waals surface area contributed by atoms with Gasteiger partial charge in [-0.2, -0.15) is 0 Å². The SMILES string of the molecule is CCC(C)(C)C1(NC(=O)c2cc(F)c(F)c(F)c2F)C(=O)NC(=O)NC1=O. The second kappa shape index (κ2) is 6.63. The lowest BCUT2D eigenvalue weighted by Crippen LogP contribution is -2.78. The van der Waals surface area contributed by atoms with Crippen LogP contribution in [-0.4, -0.2) is 29.3 Å². The molecule has 0 aromatic heterocycles. The van der Waals surface area contributed by atoms with Gasteiger partial charge in [0.25, 0.3) is 17.7 Å². The molecular formula is C16H15F4N3O4. The minimum Gasteiger partial charge on any atom is -0.329 e. The summed E-state index contributed by atoms with van der Waals surface area (Å²) in [5.41, 5.74) is -4.97. The molecule has 2 rings (SSSR count). The molecule has 0 atom stereocenters. The van der Waals surface area contributed by atoms with E-state index in [0.717, 1.165) is 0 Å². The van der Waals surface area contributed by atoms with Gasteiger partial charge in [-0.1, -0.05) is 20.8 Å². The highest BCUT2D eigenvalue weighted by Gasteiger charge is 2.60. The molecule has 0 unspecified atom stereocenters. The number of nitrogens with one attached hydrogen (secondary N) is 3. The first-order valence-electron chi connectivity index (χ1n) is 7.71. The lowest BCUT2D eigenvalue weighted by atomic mass is 9.68. The average Bonchev–Trinajstić information content (AvgIpc) is 2.58. The van der Waals surface area contributed by atoms with E-state index in [-0.39, 0.29) is 12.5 Å². The Morgan fingerprint density at radius 1 is 1.04 bits per heavy atom. The summed E-state index contributed by atoms with van der Waals surface area (Å²) in [5, 5.41) is 5.60. The third-order valence-electron chi connectivity index (χ3n) is 4.68. The molecule has 1 saturated heterocycles. The van der Waals surface area contributed by atoms with E-state index in [0.29, 0.717) is 0 Å². The molecule has 27 heavy (non-hydrogen) atoms. The number of urea groups is 1. The van der Waals surface area contributed by atoms with Gasteiger partial charge in [0.2, 0.25) is 5.54 Å². The first-order chi connectivity index (χ1) is 12.4. The molecule has 5 amide bonds. The third kappa shape index (κ3) is 3.02. The summed E-state index contributed by atoms with van der Waals surface area (Å²) in [7, 11) is 0. The molecule has 1 aliphatic heterocycles. The van der Waals surface area contributed by atoms with Gasteiger partial charge in [0.15, 0.2) is 23.3 Å². The second-order valence-electron chi connectivity index (χ2n) is 6.53. The predicted molar refractivity (Wildman–Crippen MR) is 82.2 cm³/mol. The third-order valence-corrected chi connectivity index (χ3v) is 4.68. The summed E-state index contributed by atoms with van der Waals surface area (Å²) in [6, 6.07) is -1.04. The van der Waals surface area contributed by atoms with E-state index in [4.69, 9.17) is 0 Å². The molecule has 7 nitrogen and oxygen atoms in total. The first-order valence-corrected chi connectivity index (χ1v) is 7.71.